The normalized spacial score (nSPS) is 20.2. The molecule has 0 spiro atoms. The van der Waals surface area contributed by atoms with Crippen molar-refractivity contribution in [1.82, 2.24) is 0 Å². The summed E-state index contributed by atoms with van der Waals surface area (Å²) < 4.78 is 12.2. The Labute approximate surface area is 161 Å². The molecule has 2 aromatic rings. The Bertz CT molecular complexity index is 820. The number of carbonyl (C=O) groups excluding carboxylic acids is 2. The minimum absolute atomic E-state index is 0.335. The number of Topliss-reactive ketones (excluding diaryl/α,β-unsaturated/α-hetero) is 2. The molecule has 0 saturated carbocycles. The molecule has 0 radical (unpaired) electrons. The van der Waals surface area contributed by atoms with E-state index in [-0.39, 0.29) is 12.2 Å². The molecular weight excluding hydrogens is 368 g/mol. The summed E-state index contributed by atoms with van der Waals surface area (Å²) in [5, 5.41) is 0. The van der Waals surface area contributed by atoms with Crippen molar-refractivity contribution in [2.24, 2.45) is 0 Å². The number of hydrogen-bond donors (Lipinski definition) is 0. The van der Waals surface area contributed by atoms with Crippen LogP contribution in [0.25, 0.3) is 11.1 Å². The van der Waals surface area contributed by atoms with E-state index >= 15 is 0 Å². The Kier molecular flexibility index (Phi) is 4.92. The first-order chi connectivity index (χ1) is 12.7. The van der Waals surface area contributed by atoms with Crippen molar-refractivity contribution in [2.75, 3.05) is 11.5 Å². The first-order valence-electron chi connectivity index (χ1n) is 8.60. The summed E-state index contributed by atoms with van der Waals surface area (Å²) in [6, 6.07) is 11.0. The highest BCUT2D eigenvalue weighted by atomic mass is 32.2. The molecule has 4 nitrogen and oxygen atoms in total. The third-order valence-electron chi connectivity index (χ3n) is 4.61. The SMILES string of the molecule is CCSOC1c2cccc3c2-c2c(cccc2C1OSCC)C(=O)C3=O. The Morgan fingerprint density at radius 2 is 1.19 bits per heavy atom. The lowest BCUT2D eigenvalue weighted by atomic mass is 9.73. The molecule has 0 heterocycles. The Morgan fingerprint density at radius 3 is 1.58 bits per heavy atom. The molecule has 0 aromatic heterocycles. The molecule has 2 aromatic carbocycles. The van der Waals surface area contributed by atoms with Gasteiger partial charge in [0.1, 0.15) is 12.2 Å². The Balaban J connectivity index is 1.97. The van der Waals surface area contributed by atoms with Crippen LogP contribution in [-0.2, 0) is 8.37 Å². The number of rotatable bonds is 6. The van der Waals surface area contributed by atoms with E-state index in [0.717, 1.165) is 33.8 Å². The highest BCUT2D eigenvalue weighted by Crippen LogP contribution is 2.53. The maximum atomic E-state index is 12.6. The van der Waals surface area contributed by atoms with Crippen molar-refractivity contribution in [2.45, 2.75) is 26.1 Å². The van der Waals surface area contributed by atoms with Gasteiger partial charge in [-0.05, 0) is 35.2 Å². The molecule has 0 aliphatic heterocycles. The van der Waals surface area contributed by atoms with E-state index in [1.807, 2.05) is 38.1 Å². The van der Waals surface area contributed by atoms with E-state index in [1.165, 1.54) is 24.1 Å². The van der Waals surface area contributed by atoms with Gasteiger partial charge < -0.3 is 8.37 Å². The lowest BCUT2D eigenvalue weighted by Gasteiger charge is -2.36. The minimum Gasteiger partial charge on any atom is -0.304 e. The molecule has 0 fully saturated rings. The molecule has 2 aliphatic carbocycles. The van der Waals surface area contributed by atoms with Gasteiger partial charge in [-0.15, -0.1) is 0 Å². The lowest BCUT2D eigenvalue weighted by Crippen LogP contribution is -2.29. The summed E-state index contributed by atoms with van der Waals surface area (Å²) in [5.74, 6) is 0.721. The van der Waals surface area contributed by atoms with Gasteiger partial charge in [0, 0.05) is 33.8 Å². The predicted molar refractivity (Wildman–Crippen MR) is 104 cm³/mol. The van der Waals surface area contributed by atoms with Gasteiger partial charge in [0.05, 0.1) is 0 Å². The minimum atomic E-state index is -0.448. The topological polar surface area (TPSA) is 52.6 Å². The van der Waals surface area contributed by atoms with Crippen LogP contribution in [-0.4, -0.2) is 23.1 Å². The fourth-order valence-electron chi connectivity index (χ4n) is 3.61. The number of ketones is 2. The van der Waals surface area contributed by atoms with E-state index in [1.54, 1.807) is 12.1 Å². The maximum Gasteiger partial charge on any atom is 0.234 e. The molecule has 6 heteroatoms. The summed E-state index contributed by atoms with van der Waals surface area (Å²) in [5.41, 5.74) is 4.39. The smallest absolute Gasteiger partial charge is 0.234 e. The molecule has 2 aliphatic rings. The van der Waals surface area contributed by atoms with Gasteiger partial charge in [0.15, 0.2) is 0 Å². The third kappa shape index (κ3) is 2.63. The van der Waals surface area contributed by atoms with Crippen LogP contribution < -0.4 is 0 Å². The molecular formula is C20H18O4S2. The van der Waals surface area contributed by atoms with Gasteiger partial charge in [-0.25, -0.2) is 0 Å². The molecule has 134 valence electrons. The summed E-state index contributed by atoms with van der Waals surface area (Å²) in [4.78, 5) is 25.2. The van der Waals surface area contributed by atoms with Crippen LogP contribution in [0, 0.1) is 0 Å². The zero-order valence-electron chi connectivity index (χ0n) is 14.5. The van der Waals surface area contributed by atoms with Crippen LogP contribution in [0.3, 0.4) is 0 Å². The largest absolute Gasteiger partial charge is 0.304 e. The van der Waals surface area contributed by atoms with Crippen molar-refractivity contribution in [1.29, 1.82) is 0 Å². The van der Waals surface area contributed by atoms with Crippen LogP contribution >= 0.6 is 24.1 Å². The van der Waals surface area contributed by atoms with Crippen LogP contribution in [0.1, 0.15) is 57.9 Å². The number of benzene rings is 2. The van der Waals surface area contributed by atoms with Crippen molar-refractivity contribution in [3.05, 3.63) is 58.7 Å². The van der Waals surface area contributed by atoms with Crippen LogP contribution in [0.4, 0.5) is 0 Å². The van der Waals surface area contributed by atoms with Crippen LogP contribution in [0.5, 0.6) is 0 Å². The van der Waals surface area contributed by atoms with E-state index in [9.17, 15) is 9.59 Å². The molecule has 0 bridgehead atoms. The fraction of sp³-hybridized carbons (Fsp3) is 0.300. The molecule has 0 N–H and O–H groups in total. The lowest BCUT2D eigenvalue weighted by molar-refractivity contribution is 0.0787. The second-order valence-corrected chi connectivity index (χ2v) is 8.06. The number of hydrogen-bond acceptors (Lipinski definition) is 6. The summed E-state index contributed by atoms with van der Waals surface area (Å²) in [6.45, 7) is 4.05. The Hall–Kier alpha value is -1.60. The van der Waals surface area contributed by atoms with E-state index in [2.05, 4.69) is 0 Å². The van der Waals surface area contributed by atoms with Crippen molar-refractivity contribution >= 4 is 35.7 Å². The van der Waals surface area contributed by atoms with Crippen molar-refractivity contribution in [3.8, 4) is 11.1 Å². The zero-order chi connectivity index (χ0) is 18.3. The quantitative estimate of drug-likeness (QED) is 0.502. The average molecular weight is 386 g/mol. The van der Waals surface area contributed by atoms with E-state index in [0.29, 0.717) is 11.1 Å². The van der Waals surface area contributed by atoms with Crippen LogP contribution in [0.2, 0.25) is 0 Å². The van der Waals surface area contributed by atoms with Gasteiger partial charge in [-0.1, -0.05) is 50.2 Å². The maximum absolute atomic E-state index is 12.6. The van der Waals surface area contributed by atoms with Crippen molar-refractivity contribution < 1.29 is 18.0 Å². The van der Waals surface area contributed by atoms with Crippen molar-refractivity contribution in [3.63, 3.8) is 0 Å². The highest BCUT2D eigenvalue weighted by molar-refractivity contribution is 7.94. The monoisotopic (exact) mass is 386 g/mol. The van der Waals surface area contributed by atoms with Gasteiger partial charge in [0.2, 0.25) is 11.6 Å². The average Bonchev–Trinajstić information content (AvgIpc) is 2.68. The Morgan fingerprint density at radius 1 is 0.769 bits per heavy atom. The standard InChI is InChI=1S/C20H18O4S2/c1-3-25-23-19-13-9-5-7-11-15(13)16-12(18(22)17(11)21)8-6-10-14(16)20(19)24-26-4-2/h5-10,19-20H,3-4H2,1-2H3. The molecule has 26 heavy (non-hydrogen) atoms. The number of carbonyl (C=O) groups is 2. The first kappa shape index (κ1) is 17.8. The van der Waals surface area contributed by atoms with Crippen LogP contribution in [0.15, 0.2) is 36.4 Å². The van der Waals surface area contributed by atoms with E-state index < -0.39 is 11.6 Å². The van der Waals surface area contributed by atoms with Gasteiger partial charge in [0.25, 0.3) is 0 Å². The van der Waals surface area contributed by atoms with Gasteiger partial charge >= 0.3 is 0 Å². The van der Waals surface area contributed by atoms with E-state index in [4.69, 9.17) is 8.37 Å². The summed E-state index contributed by atoms with van der Waals surface area (Å²) >= 11 is 2.76. The molecule has 4 rings (SSSR count). The molecule has 2 unspecified atom stereocenters. The summed E-state index contributed by atoms with van der Waals surface area (Å²) in [7, 11) is 0. The molecule has 2 atom stereocenters. The predicted octanol–water partition coefficient (Wildman–Crippen LogP) is 5.20. The summed E-state index contributed by atoms with van der Waals surface area (Å²) in [6.07, 6.45) is -0.671. The van der Waals surface area contributed by atoms with Gasteiger partial charge in [-0.3, -0.25) is 9.59 Å². The fourth-order valence-corrected chi connectivity index (χ4v) is 4.58. The third-order valence-corrected chi connectivity index (χ3v) is 5.76. The highest BCUT2D eigenvalue weighted by Gasteiger charge is 2.43. The molecule has 0 amide bonds. The first-order valence-corrected chi connectivity index (χ1v) is 10.4. The second-order valence-electron chi connectivity index (χ2n) is 6.04. The zero-order valence-corrected chi connectivity index (χ0v) is 16.1. The van der Waals surface area contributed by atoms with Gasteiger partial charge in [-0.2, -0.15) is 0 Å². The molecule has 0 saturated heterocycles. The second kappa shape index (κ2) is 7.19.